The van der Waals surface area contributed by atoms with Gasteiger partial charge in [0.05, 0.1) is 5.38 Å². The predicted octanol–water partition coefficient (Wildman–Crippen LogP) is 4.45. The summed E-state index contributed by atoms with van der Waals surface area (Å²) in [5, 5.41) is 2.58. The van der Waals surface area contributed by atoms with Gasteiger partial charge in [-0.25, -0.2) is 0 Å². The van der Waals surface area contributed by atoms with Crippen molar-refractivity contribution in [3.63, 3.8) is 0 Å². The van der Waals surface area contributed by atoms with Gasteiger partial charge in [0.1, 0.15) is 5.76 Å². The lowest BCUT2D eigenvalue weighted by atomic mass is 10.1. The van der Waals surface area contributed by atoms with Crippen LogP contribution in [-0.4, -0.2) is 5.91 Å². The van der Waals surface area contributed by atoms with Crippen LogP contribution in [0.1, 0.15) is 39.7 Å². The standard InChI is InChI=1S/C15H16ClNO2/c1-9-4-5-12(10(2)8-9)17-15(18)14-7-6-13(19-14)11(3)16/h4-8,11H,1-3H3,(H,17,18). The Hall–Kier alpha value is -1.74. The number of halogens is 1. The van der Waals surface area contributed by atoms with Crippen LogP contribution in [0.3, 0.4) is 0 Å². The summed E-state index contributed by atoms with van der Waals surface area (Å²) in [6, 6.07) is 9.21. The molecule has 0 aliphatic heterocycles. The zero-order valence-electron chi connectivity index (χ0n) is 11.2. The quantitative estimate of drug-likeness (QED) is 0.842. The molecule has 0 fully saturated rings. The van der Waals surface area contributed by atoms with Gasteiger partial charge in [-0.1, -0.05) is 17.7 Å². The number of hydrogen-bond acceptors (Lipinski definition) is 2. The van der Waals surface area contributed by atoms with E-state index in [1.807, 2.05) is 32.0 Å². The Bertz CT molecular complexity index is 602. The molecular weight excluding hydrogens is 262 g/mol. The molecule has 1 unspecified atom stereocenters. The number of nitrogens with one attached hydrogen (secondary N) is 1. The number of alkyl halides is 1. The fourth-order valence-electron chi connectivity index (χ4n) is 1.83. The Kier molecular flexibility index (Phi) is 3.96. The highest BCUT2D eigenvalue weighted by Gasteiger charge is 2.14. The number of amides is 1. The zero-order chi connectivity index (χ0) is 14.0. The van der Waals surface area contributed by atoms with Crippen LogP contribution in [0.2, 0.25) is 0 Å². The van der Waals surface area contributed by atoms with Crippen molar-refractivity contribution < 1.29 is 9.21 Å². The second kappa shape index (κ2) is 5.49. The summed E-state index contributed by atoms with van der Waals surface area (Å²) in [4.78, 5) is 12.0. The normalized spacial score (nSPS) is 12.2. The van der Waals surface area contributed by atoms with Crippen molar-refractivity contribution in [2.45, 2.75) is 26.1 Å². The lowest BCUT2D eigenvalue weighted by molar-refractivity contribution is 0.0995. The highest BCUT2D eigenvalue weighted by molar-refractivity contribution is 6.20. The molecule has 0 aliphatic rings. The van der Waals surface area contributed by atoms with Crippen molar-refractivity contribution in [3.05, 3.63) is 53.0 Å². The lowest BCUT2D eigenvalue weighted by Crippen LogP contribution is -2.11. The third kappa shape index (κ3) is 3.18. The average molecular weight is 278 g/mol. The maximum Gasteiger partial charge on any atom is 0.291 e. The van der Waals surface area contributed by atoms with E-state index in [1.165, 1.54) is 0 Å². The first-order chi connectivity index (χ1) is 8.97. The molecule has 0 saturated heterocycles. The molecule has 2 rings (SSSR count). The number of hydrogen-bond donors (Lipinski definition) is 1. The van der Waals surface area contributed by atoms with Crippen molar-refractivity contribution in [3.8, 4) is 0 Å². The van der Waals surface area contributed by atoms with E-state index in [1.54, 1.807) is 19.1 Å². The van der Waals surface area contributed by atoms with Crippen LogP contribution in [0, 0.1) is 13.8 Å². The Balaban J connectivity index is 2.16. The Morgan fingerprint density at radius 3 is 2.58 bits per heavy atom. The summed E-state index contributed by atoms with van der Waals surface area (Å²) in [5.41, 5.74) is 2.96. The molecule has 1 aromatic heterocycles. The van der Waals surface area contributed by atoms with E-state index in [2.05, 4.69) is 5.32 Å². The number of furan rings is 1. The van der Waals surface area contributed by atoms with Crippen molar-refractivity contribution in [2.24, 2.45) is 0 Å². The molecule has 3 nitrogen and oxygen atoms in total. The number of aryl methyl sites for hydroxylation is 2. The molecule has 0 bridgehead atoms. The summed E-state index contributed by atoms with van der Waals surface area (Å²) < 4.78 is 5.40. The second-order valence-corrected chi connectivity index (χ2v) is 5.25. The van der Waals surface area contributed by atoms with Crippen LogP contribution in [0.4, 0.5) is 5.69 Å². The van der Waals surface area contributed by atoms with Gasteiger partial charge in [0, 0.05) is 5.69 Å². The molecule has 0 saturated carbocycles. The number of anilines is 1. The van der Waals surface area contributed by atoms with E-state index in [4.69, 9.17) is 16.0 Å². The minimum absolute atomic E-state index is 0.248. The summed E-state index contributed by atoms with van der Waals surface area (Å²) in [6.45, 7) is 5.77. The van der Waals surface area contributed by atoms with Crippen molar-refractivity contribution in [2.75, 3.05) is 5.32 Å². The monoisotopic (exact) mass is 277 g/mol. The number of carbonyl (C=O) groups excluding carboxylic acids is 1. The van der Waals surface area contributed by atoms with E-state index in [0.717, 1.165) is 16.8 Å². The van der Waals surface area contributed by atoms with Gasteiger partial charge >= 0.3 is 0 Å². The van der Waals surface area contributed by atoms with Crippen LogP contribution in [0.25, 0.3) is 0 Å². The number of rotatable bonds is 3. The van der Waals surface area contributed by atoms with Crippen LogP contribution >= 0.6 is 11.6 Å². The molecule has 0 radical (unpaired) electrons. The highest BCUT2D eigenvalue weighted by Crippen LogP contribution is 2.23. The van der Waals surface area contributed by atoms with Gasteiger partial charge in [0.25, 0.3) is 5.91 Å². The predicted molar refractivity (Wildman–Crippen MR) is 76.8 cm³/mol. The van der Waals surface area contributed by atoms with Gasteiger partial charge in [-0.05, 0) is 44.5 Å². The molecule has 1 atom stereocenters. The molecule has 19 heavy (non-hydrogen) atoms. The first-order valence-electron chi connectivity index (χ1n) is 6.10. The largest absolute Gasteiger partial charge is 0.454 e. The summed E-state index contributed by atoms with van der Waals surface area (Å²) in [7, 11) is 0. The molecule has 1 amide bonds. The minimum atomic E-state index is -0.268. The molecular formula is C15H16ClNO2. The van der Waals surface area contributed by atoms with Gasteiger partial charge < -0.3 is 9.73 Å². The van der Waals surface area contributed by atoms with Gasteiger partial charge in [0.15, 0.2) is 5.76 Å². The van der Waals surface area contributed by atoms with E-state index in [-0.39, 0.29) is 17.0 Å². The molecule has 0 spiro atoms. The van der Waals surface area contributed by atoms with Gasteiger partial charge in [-0.2, -0.15) is 0 Å². The van der Waals surface area contributed by atoms with Gasteiger partial charge in [0.2, 0.25) is 0 Å². The Labute approximate surface area is 117 Å². The molecule has 4 heteroatoms. The molecule has 1 heterocycles. The highest BCUT2D eigenvalue weighted by atomic mass is 35.5. The first kappa shape index (κ1) is 13.7. The molecule has 1 N–H and O–H groups in total. The Morgan fingerprint density at radius 1 is 1.26 bits per heavy atom. The summed E-state index contributed by atoms with van der Waals surface area (Å²) >= 11 is 5.90. The SMILES string of the molecule is Cc1ccc(NC(=O)c2ccc(C(C)Cl)o2)c(C)c1. The number of carbonyl (C=O) groups is 1. The summed E-state index contributed by atoms with van der Waals surface area (Å²) in [6.07, 6.45) is 0. The number of benzene rings is 1. The molecule has 100 valence electrons. The molecule has 0 aliphatic carbocycles. The molecule has 1 aromatic carbocycles. The smallest absolute Gasteiger partial charge is 0.291 e. The average Bonchev–Trinajstić information content (AvgIpc) is 2.82. The topological polar surface area (TPSA) is 42.2 Å². The van der Waals surface area contributed by atoms with Crippen LogP contribution in [0.5, 0.6) is 0 Å². The maximum absolute atomic E-state index is 12.0. The molecule has 2 aromatic rings. The van der Waals surface area contributed by atoms with E-state index in [0.29, 0.717) is 5.76 Å². The first-order valence-corrected chi connectivity index (χ1v) is 6.53. The van der Waals surface area contributed by atoms with E-state index >= 15 is 0 Å². The van der Waals surface area contributed by atoms with Crippen molar-refractivity contribution in [1.29, 1.82) is 0 Å². The van der Waals surface area contributed by atoms with E-state index < -0.39 is 0 Å². The third-order valence-corrected chi connectivity index (χ3v) is 3.09. The van der Waals surface area contributed by atoms with Crippen LogP contribution < -0.4 is 5.32 Å². The van der Waals surface area contributed by atoms with Gasteiger partial charge in [-0.15, -0.1) is 11.6 Å². The fourth-order valence-corrected chi connectivity index (χ4v) is 1.94. The van der Waals surface area contributed by atoms with Crippen LogP contribution in [0.15, 0.2) is 34.7 Å². The second-order valence-electron chi connectivity index (χ2n) is 4.59. The van der Waals surface area contributed by atoms with Crippen LogP contribution in [-0.2, 0) is 0 Å². The van der Waals surface area contributed by atoms with Crippen molar-refractivity contribution in [1.82, 2.24) is 0 Å². The summed E-state index contributed by atoms with van der Waals surface area (Å²) in [5.74, 6) is 0.588. The zero-order valence-corrected chi connectivity index (χ0v) is 11.9. The van der Waals surface area contributed by atoms with Gasteiger partial charge in [-0.3, -0.25) is 4.79 Å². The van der Waals surface area contributed by atoms with Crippen molar-refractivity contribution >= 4 is 23.2 Å². The maximum atomic E-state index is 12.0. The fraction of sp³-hybridized carbons (Fsp3) is 0.267. The third-order valence-electron chi connectivity index (χ3n) is 2.87. The van der Waals surface area contributed by atoms with E-state index in [9.17, 15) is 4.79 Å². The lowest BCUT2D eigenvalue weighted by Gasteiger charge is -2.07. The minimum Gasteiger partial charge on any atom is -0.454 e. The Morgan fingerprint density at radius 2 is 2.00 bits per heavy atom.